The summed E-state index contributed by atoms with van der Waals surface area (Å²) in [4.78, 5) is 20.6. The van der Waals surface area contributed by atoms with Crippen molar-refractivity contribution in [1.29, 1.82) is 0 Å². The van der Waals surface area contributed by atoms with Crippen LogP contribution in [-0.2, 0) is 22.7 Å². The smallest absolute Gasteiger partial charge is 0.272 e. The van der Waals surface area contributed by atoms with Gasteiger partial charge in [-0.25, -0.2) is 5.06 Å². The number of hydrogen-bond donors (Lipinski definition) is 0. The van der Waals surface area contributed by atoms with E-state index in [0.29, 0.717) is 26.2 Å². The molecule has 1 fully saturated rings. The molecule has 0 spiro atoms. The van der Waals surface area contributed by atoms with Gasteiger partial charge in [0.1, 0.15) is 11.8 Å². The van der Waals surface area contributed by atoms with E-state index < -0.39 is 0 Å². The first kappa shape index (κ1) is 14.5. The van der Waals surface area contributed by atoms with Crippen LogP contribution in [0.1, 0.15) is 30.3 Å². The first-order valence-electron chi connectivity index (χ1n) is 8.03. The van der Waals surface area contributed by atoms with E-state index in [0.717, 1.165) is 30.8 Å². The number of aromatic nitrogens is 2. The number of hydroxylamine groups is 2. The third kappa shape index (κ3) is 2.89. The molecule has 0 radical (unpaired) electrons. The first-order valence-corrected chi connectivity index (χ1v) is 8.03. The van der Waals surface area contributed by atoms with Crippen molar-refractivity contribution < 1.29 is 14.0 Å². The Morgan fingerprint density at radius 1 is 1.35 bits per heavy atom. The second-order valence-corrected chi connectivity index (χ2v) is 6.01. The Balaban J connectivity index is 1.54. The van der Waals surface area contributed by atoms with Gasteiger partial charge < -0.3 is 4.42 Å². The van der Waals surface area contributed by atoms with E-state index in [2.05, 4.69) is 10.00 Å². The van der Waals surface area contributed by atoms with Crippen molar-refractivity contribution in [3.8, 4) is 0 Å². The highest BCUT2D eigenvalue weighted by molar-refractivity contribution is 5.80. The quantitative estimate of drug-likeness (QED) is 0.860. The second-order valence-electron chi connectivity index (χ2n) is 6.01. The lowest BCUT2D eigenvalue weighted by Gasteiger charge is -2.36. The van der Waals surface area contributed by atoms with Crippen molar-refractivity contribution in [2.45, 2.75) is 32.0 Å². The van der Waals surface area contributed by atoms with E-state index in [4.69, 9.17) is 9.25 Å². The van der Waals surface area contributed by atoms with Gasteiger partial charge in [0.25, 0.3) is 5.91 Å². The van der Waals surface area contributed by atoms with Gasteiger partial charge in [0.2, 0.25) is 0 Å². The normalized spacial score (nSPS) is 22.1. The first-order chi connectivity index (χ1) is 11.3. The zero-order valence-corrected chi connectivity index (χ0v) is 12.9. The number of carbonyl (C=O) groups excluding carboxylic acids is 1. The molecule has 0 aromatic carbocycles. The lowest BCUT2D eigenvalue weighted by molar-refractivity contribution is -0.201. The fourth-order valence-electron chi connectivity index (χ4n) is 3.23. The van der Waals surface area contributed by atoms with Crippen molar-refractivity contribution in [3.63, 3.8) is 0 Å². The summed E-state index contributed by atoms with van der Waals surface area (Å²) < 4.78 is 7.27. The summed E-state index contributed by atoms with van der Waals surface area (Å²) in [6, 6.07) is 5.46. The average Bonchev–Trinajstić information content (AvgIpc) is 3.26. The standard InChI is InChI=1S/C16H20N4O3/c21-16(19-7-1-2-9-23-19)15-12-18(11-14-4-3-8-22-14)10-13-5-6-17-20(13)15/h3-6,8,15H,1-2,7,9-12H2. The number of hydrogen-bond acceptors (Lipinski definition) is 5. The molecule has 1 saturated heterocycles. The molecule has 0 aliphatic carbocycles. The van der Waals surface area contributed by atoms with Crippen molar-refractivity contribution in [1.82, 2.24) is 19.7 Å². The van der Waals surface area contributed by atoms with Crippen LogP contribution in [-0.4, -0.2) is 45.3 Å². The maximum absolute atomic E-state index is 12.9. The van der Waals surface area contributed by atoms with E-state index in [-0.39, 0.29) is 11.9 Å². The van der Waals surface area contributed by atoms with Crippen molar-refractivity contribution in [2.24, 2.45) is 0 Å². The van der Waals surface area contributed by atoms with Gasteiger partial charge in [-0.05, 0) is 31.0 Å². The molecule has 1 amide bonds. The average molecular weight is 316 g/mol. The van der Waals surface area contributed by atoms with Crippen LogP contribution in [0.3, 0.4) is 0 Å². The zero-order chi connectivity index (χ0) is 15.6. The molecule has 1 atom stereocenters. The lowest BCUT2D eigenvalue weighted by atomic mass is 10.1. The fourth-order valence-corrected chi connectivity index (χ4v) is 3.23. The molecule has 4 heterocycles. The summed E-state index contributed by atoms with van der Waals surface area (Å²) in [5.41, 5.74) is 1.04. The maximum atomic E-state index is 12.9. The Bertz CT molecular complexity index is 661. The fraction of sp³-hybridized carbons (Fsp3) is 0.500. The molecule has 4 rings (SSSR count). The Kier molecular flexibility index (Phi) is 3.88. The topological polar surface area (TPSA) is 63.7 Å². The van der Waals surface area contributed by atoms with Crippen LogP contribution >= 0.6 is 0 Å². The van der Waals surface area contributed by atoms with Crippen LogP contribution in [0.5, 0.6) is 0 Å². The molecule has 122 valence electrons. The molecular weight excluding hydrogens is 296 g/mol. The summed E-state index contributed by atoms with van der Waals surface area (Å²) in [5, 5.41) is 5.86. The van der Waals surface area contributed by atoms with Gasteiger partial charge in [-0.3, -0.25) is 19.2 Å². The van der Waals surface area contributed by atoms with E-state index in [1.54, 1.807) is 12.5 Å². The molecule has 7 nitrogen and oxygen atoms in total. The largest absolute Gasteiger partial charge is 0.468 e. The third-order valence-electron chi connectivity index (χ3n) is 4.36. The predicted octanol–water partition coefficient (Wildman–Crippen LogP) is 1.59. The van der Waals surface area contributed by atoms with Gasteiger partial charge in [-0.1, -0.05) is 0 Å². The van der Waals surface area contributed by atoms with Gasteiger partial charge >= 0.3 is 0 Å². The minimum absolute atomic E-state index is 0.0150. The Labute approximate surface area is 134 Å². The maximum Gasteiger partial charge on any atom is 0.272 e. The summed E-state index contributed by atoms with van der Waals surface area (Å²) >= 11 is 0. The molecule has 0 bridgehead atoms. The summed E-state index contributed by atoms with van der Waals surface area (Å²) in [6.07, 6.45) is 5.42. The lowest BCUT2D eigenvalue weighted by Crippen LogP contribution is -2.47. The number of nitrogens with zero attached hydrogens (tertiary/aromatic N) is 4. The van der Waals surface area contributed by atoms with Crippen LogP contribution in [0.2, 0.25) is 0 Å². The van der Waals surface area contributed by atoms with Crippen molar-refractivity contribution in [3.05, 3.63) is 42.1 Å². The van der Waals surface area contributed by atoms with Crippen LogP contribution in [0.15, 0.2) is 35.1 Å². The molecule has 0 N–H and O–H groups in total. The van der Waals surface area contributed by atoms with Crippen molar-refractivity contribution in [2.75, 3.05) is 19.7 Å². The summed E-state index contributed by atoms with van der Waals surface area (Å²) in [7, 11) is 0. The number of fused-ring (bicyclic) bond motifs is 1. The van der Waals surface area contributed by atoms with Crippen LogP contribution < -0.4 is 0 Å². The van der Waals surface area contributed by atoms with Gasteiger partial charge in [0, 0.05) is 25.8 Å². The van der Waals surface area contributed by atoms with Crippen LogP contribution in [0.25, 0.3) is 0 Å². The van der Waals surface area contributed by atoms with Gasteiger partial charge in [-0.2, -0.15) is 5.10 Å². The summed E-state index contributed by atoms with van der Waals surface area (Å²) in [5.74, 6) is 0.886. The molecule has 1 unspecified atom stereocenters. The van der Waals surface area contributed by atoms with E-state index in [1.807, 2.05) is 22.9 Å². The van der Waals surface area contributed by atoms with Crippen LogP contribution in [0.4, 0.5) is 0 Å². The third-order valence-corrected chi connectivity index (χ3v) is 4.36. The highest BCUT2D eigenvalue weighted by Gasteiger charge is 2.35. The molecule has 7 heteroatoms. The molecule has 2 aromatic rings. The molecule has 2 aromatic heterocycles. The highest BCUT2D eigenvalue weighted by Crippen LogP contribution is 2.24. The van der Waals surface area contributed by atoms with Gasteiger partial charge in [-0.15, -0.1) is 0 Å². The minimum Gasteiger partial charge on any atom is -0.468 e. The highest BCUT2D eigenvalue weighted by atomic mass is 16.7. The van der Waals surface area contributed by atoms with Gasteiger partial charge in [0.15, 0.2) is 0 Å². The zero-order valence-electron chi connectivity index (χ0n) is 12.9. The number of carbonyl (C=O) groups is 1. The van der Waals surface area contributed by atoms with Crippen molar-refractivity contribution >= 4 is 5.91 Å². The second kappa shape index (κ2) is 6.17. The Morgan fingerprint density at radius 3 is 3.09 bits per heavy atom. The van der Waals surface area contributed by atoms with E-state index in [1.165, 1.54) is 5.06 Å². The summed E-state index contributed by atoms with van der Waals surface area (Å²) in [6.45, 7) is 3.31. The Hall–Kier alpha value is -2.12. The van der Waals surface area contributed by atoms with Gasteiger partial charge in [0.05, 0.1) is 25.1 Å². The van der Waals surface area contributed by atoms with Crippen LogP contribution in [0, 0.1) is 0 Å². The number of rotatable bonds is 3. The van der Waals surface area contributed by atoms with E-state index in [9.17, 15) is 4.79 Å². The predicted molar refractivity (Wildman–Crippen MR) is 81.0 cm³/mol. The van der Waals surface area contributed by atoms with E-state index >= 15 is 0 Å². The number of furan rings is 1. The minimum atomic E-state index is -0.346. The molecule has 0 saturated carbocycles. The number of amides is 1. The molecule has 2 aliphatic rings. The molecular formula is C16H20N4O3. The Morgan fingerprint density at radius 2 is 2.30 bits per heavy atom. The molecule has 2 aliphatic heterocycles. The monoisotopic (exact) mass is 316 g/mol. The SMILES string of the molecule is O=C(C1CN(Cc2ccco2)Cc2ccnn21)N1CCCCO1. The molecule has 23 heavy (non-hydrogen) atoms.